The summed E-state index contributed by atoms with van der Waals surface area (Å²) in [5.41, 5.74) is 1.32. The lowest BCUT2D eigenvalue weighted by Gasteiger charge is -2.22. The Hall–Kier alpha value is -0.870. The van der Waals surface area contributed by atoms with Crippen LogP contribution in [0.1, 0.15) is 39.2 Å². The number of hydrogen-bond donors (Lipinski definition) is 1. The van der Waals surface area contributed by atoms with E-state index in [-0.39, 0.29) is 5.54 Å². The fraction of sp³-hybridized carbons (Fsp3) is 0.786. The van der Waals surface area contributed by atoms with Gasteiger partial charge >= 0.3 is 0 Å². The zero-order valence-corrected chi connectivity index (χ0v) is 11.8. The second-order valence-electron chi connectivity index (χ2n) is 6.18. The van der Waals surface area contributed by atoms with E-state index in [9.17, 15) is 0 Å². The maximum atomic E-state index is 5.48. The number of nitrogens with zero attached hydrogens (tertiary/aromatic N) is 2. The van der Waals surface area contributed by atoms with Gasteiger partial charge in [0.2, 0.25) is 0 Å². The summed E-state index contributed by atoms with van der Waals surface area (Å²) < 4.78 is 7.50. The summed E-state index contributed by atoms with van der Waals surface area (Å²) in [7, 11) is 0. The fourth-order valence-electron chi connectivity index (χ4n) is 2.21. The van der Waals surface area contributed by atoms with Crippen LogP contribution in [-0.2, 0) is 16.8 Å². The smallest absolute Gasteiger partial charge is 0.0543 e. The summed E-state index contributed by atoms with van der Waals surface area (Å²) >= 11 is 0. The zero-order valence-electron chi connectivity index (χ0n) is 11.8. The van der Waals surface area contributed by atoms with Crippen molar-refractivity contribution in [1.29, 1.82) is 0 Å². The standard InChI is InChI=1S/C14H25N3O/c1-14(2,3)17-10-13(9-16-17)8-15-7-12-5-4-6-18-11-12/h9-10,12,15H,4-8,11H2,1-3H3. The Balaban J connectivity index is 1.74. The van der Waals surface area contributed by atoms with Crippen LogP contribution in [0, 0.1) is 5.92 Å². The molecule has 0 bridgehead atoms. The van der Waals surface area contributed by atoms with Crippen molar-refractivity contribution in [3.05, 3.63) is 18.0 Å². The molecule has 1 atom stereocenters. The normalized spacial score (nSPS) is 21.2. The molecule has 1 aromatic heterocycles. The van der Waals surface area contributed by atoms with Gasteiger partial charge in [-0.05, 0) is 39.5 Å². The van der Waals surface area contributed by atoms with Crippen LogP contribution in [-0.4, -0.2) is 29.5 Å². The van der Waals surface area contributed by atoms with Crippen molar-refractivity contribution in [2.45, 2.75) is 45.7 Å². The van der Waals surface area contributed by atoms with Gasteiger partial charge in [0.1, 0.15) is 0 Å². The molecule has 1 N–H and O–H groups in total. The summed E-state index contributed by atoms with van der Waals surface area (Å²) in [5, 5.41) is 7.91. The van der Waals surface area contributed by atoms with E-state index in [1.54, 1.807) is 0 Å². The lowest BCUT2D eigenvalue weighted by molar-refractivity contribution is 0.0547. The van der Waals surface area contributed by atoms with Crippen LogP contribution in [0.25, 0.3) is 0 Å². The van der Waals surface area contributed by atoms with Crippen LogP contribution in [0.3, 0.4) is 0 Å². The second-order valence-corrected chi connectivity index (χ2v) is 6.18. The highest BCUT2D eigenvalue weighted by Gasteiger charge is 2.15. The maximum Gasteiger partial charge on any atom is 0.0543 e. The van der Waals surface area contributed by atoms with E-state index >= 15 is 0 Å². The molecule has 0 spiro atoms. The van der Waals surface area contributed by atoms with E-state index in [1.165, 1.54) is 18.4 Å². The topological polar surface area (TPSA) is 39.1 Å². The van der Waals surface area contributed by atoms with Gasteiger partial charge in [0, 0.05) is 31.5 Å². The quantitative estimate of drug-likeness (QED) is 0.891. The summed E-state index contributed by atoms with van der Waals surface area (Å²) in [5.74, 6) is 0.677. The van der Waals surface area contributed by atoms with Gasteiger partial charge in [0.05, 0.1) is 18.3 Å². The van der Waals surface area contributed by atoms with Gasteiger partial charge in [-0.2, -0.15) is 5.10 Å². The minimum Gasteiger partial charge on any atom is -0.381 e. The fourth-order valence-corrected chi connectivity index (χ4v) is 2.21. The van der Waals surface area contributed by atoms with Crippen molar-refractivity contribution >= 4 is 0 Å². The van der Waals surface area contributed by atoms with Gasteiger partial charge in [-0.1, -0.05) is 0 Å². The zero-order chi connectivity index (χ0) is 13.0. The first-order valence-corrected chi connectivity index (χ1v) is 6.88. The summed E-state index contributed by atoms with van der Waals surface area (Å²) in [6.45, 7) is 10.3. The highest BCUT2D eigenvalue weighted by molar-refractivity contribution is 5.04. The van der Waals surface area contributed by atoms with Crippen LogP contribution < -0.4 is 5.32 Å². The Morgan fingerprint density at radius 1 is 1.50 bits per heavy atom. The largest absolute Gasteiger partial charge is 0.381 e. The number of ether oxygens (including phenoxy) is 1. The number of rotatable bonds is 4. The molecule has 0 radical (unpaired) electrons. The Morgan fingerprint density at radius 3 is 2.94 bits per heavy atom. The molecule has 1 aliphatic heterocycles. The molecule has 4 heteroatoms. The Kier molecular flexibility index (Phi) is 4.40. The molecule has 1 saturated heterocycles. The van der Waals surface area contributed by atoms with E-state index < -0.39 is 0 Å². The molecule has 1 aliphatic rings. The van der Waals surface area contributed by atoms with Crippen LogP contribution in [0.4, 0.5) is 0 Å². The summed E-state index contributed by atoms with van der Waals surface area (Å²) in [6, 6.07) is 0. The van der Waals surface area contributed by atoms with Crippen molar-refractivity contribution < 1.29 is 4.74 Å². The van der Waals surface area contributed by atoms with Gasteiger partial charge < -0.3 is 10.1 Å². The molecule has 0 aliphatic carbocycles. The third kappa shape index (κ3) is 3.82. The molecule has 1 aromatic rings. The first kappa shape index (κ1) is 13.6. The van der Waals surface area contributed by atoms with Gasteiger partial charge in [-0.3, -0.25) is 4.68 Å². The first-order valence-electron chi connectivity index (χ1n) is 6.88. The van der Waals surface area contributed by atoms with Crippen molar-refractivity contribution in [1.82, 2.24) is 15.1 Å². The molecule has 4 nitrogen and oxygen atoms in total. The van der Waals surface area contributed by atoms with E-state index in [1.807, 2.05) is 10.9 Å². The molecular weight excluding hydrogens is 226 g/mol. The van der Waals surface area contributed by atoms with E-state index in [4.69, 9.17) is 4.74 Å². The van der Waals surface area contributed by atoms with Crippen molar-refractivity contribution in [2.24, 2.45) is 5.92 Å². The lowest BCUT2D eigenvalue weighted by Crippen LogP contribution is -2.28. The van der Waals surface area contributed by atoms with Crippen LogP contribution in [0.15, 0.2) is 12.4 Å². The molecule has 0 aromatic carbocycles. The molecule has 1 unspecified atom stereocenters. The average Bonchev–Trinajstić information content (AvgIpc) is 2.79. The highest BCUT2D eigenvalue weighted by Crippen LogP contribution is 2.14. The second kappa shape index (κ2) is 5.85. The molecule has 1 fully saturated rings. The van der Waals surface area contributed by atoms with E-state index in [2.05, 4.69) is 37.4 Å². The Bertz CT molecular complexity index is 361. The van der Waals surface area contributed by atoms with Crippen LogP contribution >= 0.6 is 0 Å². The molecule has 102 valence electrons. The Labute approximate surface area is 110 Å². The maximum absolute atomic E-state index is 5.48. The van der Waals surface area contributed by atoms with Gasteiger partial charge in [-0.25, -0.2) is 0 Å². The monoisotopic (exact) mass is 251 g/mol. The number of hydrogen-bond acceptors (Lipinski definition) is 3. The Morgan fingerprint density at radius 2 is 2.33 bits per heavy atom. The minimum absolute atomic E-state index is 0.0649. The van der Waals surface area contributed by atoms with Crippen molar-refractivity contribution in [3.63, 3.8) is 0 Å². The average molecular weight is 251 g/mol. The molecule has 2 heterocycles. The molecule has 2 rings (SSSR count). The van der Waals surface area contributed by atoms with Crippen LogP contribution in [0.2, 0.25) is 0 Å². The molecular formula is C14H25N3O. The van der Waals surface area contributed by atoms with E-state index in [0.717, 1.165) is 26.3 Å². The number of aromatic nitrogens is 2. The van der Waals surface area contributed by atoms with Gasteiger partial charge in [0.25, 0.3) is 0 Å². The summed E-state index contributed by atoms with van der Waals surface area (Å²) in [4.78, 5) is 0. The molecule has 18 heavy (non-hydrogen) atoms. The molecule has 0 saturated carbocycles. The van der Waals surface area contributed by atoms with Gasteiger partial charge in [0.15, 0.2) is 0 Å². The van der Waals surface area contributed by atoms with E-state index in [0.29, 0.717) is 5.92 Å². The van der Waals surface area contributed by atoms with Gasteiger partial charge in [-0.15, -0.1) is 0 Å². The molecule has 0 amide bonds. The predicted octanol–water partition coefficient (Wildman–Crippen LogP) is 2.15. The SMILES string of the molecule is CC(C)(C)n1cc(CNCC2CCCOC2)cn1. The first-order chi connectivity index (χ1) is 8.55. The predicted molar refractivity (Wildman–Crippen MR) is 72.5 cm³/mol. The lowest BCUT2D eigenvalue weighted by atomic mass is 10.0. The van der Waals surface area contributed by atoms with Crippen LogP contribution in [0.5, 0.6) is 0 Å². The number of nitrogens with one attached hydrogen (secondary N) is 1. The third-order valence-electron chi connectivity index (χ3n) is 3.34. The van der Waals surface area contributed by atoms with Crippen molar-refractivity contribution in [3.8, 4) is 0 Å². The summed E-state index contributed by atoms with van der Waals surface area (Å²) in [6.07, 6.45) is 6.57. The minimum atomic E-state index is 0.0649. The highest BCUT2D eigenvalue weighted by atomic mass is 16.5. The van der Waals surface area contributed by atoms with Crippen molar-refractivity contribution in [2.75, 3.05) is 19.8 Å². The third-order valence-corrected chi connectivity index (χ3v) is 3.34.